The number of H-pyrrole nitrogens is 1. The lowest BCUT2D eigenvalue weighted by atomic mass is 10.1. The summed E-state index contributed by atoms with van der Waals surface area (Å²) >= 11 is 0. The Bertz CT molecular complexity index is 992. The third-order valence-corrected chi connectivity index (χ3v) is 3.77. The van der Waals surface area contributed by atoms with Crippen molar-refractivity contribution < 1.29 is 4.79 Å². The molecule has 1 unspecified atom stereocenters. The number of rotatable bonds is 4. The van der Waals surface area contributed by atoms with E-state index in [1.54, 1.807) is 48.8 Å². The molecule has 24 heavy (non-hydrogen) atoms. The number of nitrogens with one attached hydrogen (secondary N) is 2. The zero-order chi connectivity index (χ0) is 17.1. The predicted octanol–water partition coefficient (Wildman–Crippen LogP) is 0.962. The topological polar surface area (TPSA) is 96.9 Å². The fraction of sp³-hybridized carbons (Fsp3) is 0.176. The van der Waals surface area contributed by atoms with Crippen LogP contribution in [0.15, 0.2) is 58.4 Å². The predicted molar refractivity (Wildman–Crippen MR) is 89.6 cm³/mol. The molecule has 2 aromatic heterocycles. The summed E-state index contributed by atoms with van der Waals surface area (Å²) in [6.45, 7) is 1.48. The minimum atomic E-state index is -0.606. The largest absolute Gasteiger partial charge is 0.348 e. The van der Waals surface area contributed by atoms with Crippen LogP contribution >= 0.6 is 0 Å². The van der Waals surface area contributed by atoms with Crippen molar-refractivity contribution in [3.8, 4) is 0 Å². The molecule has 0 aliphatic rings. The lowest BCUT2D eigenvalue weighted by Crippen LogP contribution is -2.41. The van der Waals surface area contributed by atoms with Gasteiger partial charge in [0.25, 0.3) is 5.56 Å². The van der Waals surface area contributed by atoms with E-state index in [0.717, 1.165) is 10.1 Å². The first-order chi connectivity index (χ1) is 11.6. The van der Waals surface area contributed by atoms with Crippen LogP contribution in [0.4, 0.5) is 0 Å². The number of nitrogens with zero attached hydrogens (tertiary/aromatic N) is 2. The minimum Gasteiger partial charge on any atom is -0.348 e. The number of carbonyl (C=O) groups is 1. The average Bonchev–Trinajstić information content (AvgIpc) is 2.59. The van der Waals surface area contributed by atoms with Crippen LogP contribution in [0.25, 0.3) is 10.9 Å². The van der Waals surface area contributed by atoms with Gasteiger partial charge < -0.3 is 10.3 Å². The molecule has 7 heteroatoms. The maximum atomic E-state index is 12.4. The molecule has 0 radical (unpaired) electrons. The Labute approximate surface area is 137 Å². The third kappa shape index (κ3) is 3.10. The SMILES string of the molecule is CC(NC(=O)Cn1c(=O)[nH]c2ccccc2c1=O)c1ccncc1. The zero-order valence-electron chi connectivity index (χ0n) is 13.0. The van der Waals surface area contributed by atoms with Gasteiger partial charge in [-0.05, 0) is 36.8 Å². The molecule has 3 rings (SSSR count). The fourth-order valence-corrected chi connectivity index (χ4v) is 2.51. The van der Waals surface area contributed by atoms with Crippen LogP contribution in [0.3, 0.4) is 0 Å². The van der Waals surface area contributed by atoms with Crippen molar-refractivity contribution in [2.75, 3.05) is 0 Å². The Kier molecular flexibility index (Phi) is 4.24. The van der Waals surface area contributed by atoms with Crippen LogP contribution in [0.1, 0.15) is 18.5 Å². The minimum absolute atomic E-state index is 0.254. The number of hydrogen-bond donors (Lipinski definition) is 2. The van der Waals surface area contributed by atoms with Gasteiger partial charge in [0.2, 0.25) is 5.91 Å². The summed E-state index contributed by atoms with van der Waals surface area (Å²) in [4.78, 5) is 43.2. The van der Waals surface area contributed by atoms with Gasteiger partial charge in [-0.25, -0.2) is 4.79 Å². The smallest absolute Gasteiger partial charge is 0.329 e. The van der Waals surface area contributed by atoms with E-state index in [0.29, 0.717) is 10.9 Å². The third-order valence-electron chi connectivity index (χ3n) is 3.77. The molecule has 0 saturated heterocycles. The van der Waals surface area contributed by atoms with E-state index in [-0.39, 0.29) is 12.6 Å². The fourth-order valence-electron chi connectivity index (χ4n) is 2.51. The zero-order valence-corrected chi connectivity index (χ0v) is 13.0. The first-order valence-electron chi connectivity index (χ1n) is 7.47. The molecule has 3 aromatic rings. The van der Waals surface area contributed by atoms with Gasteiger partial charge in [-0.15, -0.1) is 0 Å². The maximum Gasteiger partial charge on any atom is 0.329 e. The van der Waals surface area contributed by atoms with Gasteiger partial charge in [-0.1, -0.05) is 12.1 Å². The standard InChI is InChI=1S/C17H16N4O3/c1-11(12-6-8-18-9-7-12)19-15(22)10-21-16(23)13-4-2-3-5-14(13)20-17(21)24/h2-9,11H,10H2,1H3,(H,19,22)(H,20,24). The number of hydrogen-bond acceptors (Lipinski definition) is 4. The van der Waals surface area contributed by atoms with Crippen LogP contribution in [0.5, 0.6) is 0 Å². The van der Waals surface area contributed by atoms with Gasteiger partial charge in [0.1, 0.15) is 6.54 Å². The van der Waals surface area contributed by atoms with Gasteiger partial charge in [0.05, 0.1) is 16.9 Å². The van der Waals surface area contributed by atoms with E-state index in [1.807, 2.05) is 6.92 Å². The van der Waals surface area contributed by atoms with Crippen molar-refractivity contribution in [1.29, 1.82) is 0 Å². The monoisotopic (exact) mass is 324 g/mol. The van der Waals surface area contributed by atoms with Crippen molar-refractivity contribution in [3.05, 3.63) is 75.2 Å². The molecule has 122 valence electrons. The quantitative estimate of drug-likeness (QED) is 0.747. The van der Waals surface area contributed by atoms with Crippen LogP contribution in [-0.2, 0) is 11.3 Å². The molecule has 0 saturated carbocycles. The highest BCUT2D eigenvalue weighted by atomic mass is 16.2. The molecule has 0 spiro atoms. The Morgan fingerprint density at radius 2 is 1.92 bits per heavy atom. The summed E-state index contributed by atoms with van der Waals surface area (Å²) in [7, 11) is 0. The van der Waals surface area contributed by atoms with Crippen molar-refractivity contribution in [2.45, 2.75) is 19.5 Å². The highest BCUT2D eigenvalue weighted by molar-refractivity contribution is 5.79. The lowest BCUT2D eigenvalue weighted by Gasteiger charge is -2.14. The van der Waals surface area contributed by atoms with Crippen LogP contribution in [-0.4, -0.2) is 20.4 Å². The lowest BCUT2D eigenvalue weighted by molar-refractivity contribution is -0.122. The normalized spacial score (nSPS) is 12.0. The summed E-state index contributed by atoms with van der Waals surface area (Å²) < 4.78 is 0.900. The molecular weight excluding hydrogens is 308 g/mol. The number of pyridine rings is 1. The number of carbonyl (C=O) groups excluding carboxylic acids is 1. The number of benzene rings is 1. The van der Waals surface area contributed by atoms with E-state index in [4.69, 9.17) is 0 Å². The van der Waals surface area contributed by atoms with E-state index < -0.39 is 17.2 Å². The second-order valence-electron chi connectivity index (χ2n) is 5.44. The Morgan fingerprint density at radius 1 is 1.21 bits per heavy atom. The van der Waals surface area contributed by atoms with Crippen LogP contribution in [0.2, 0.25) is 0 Å². The van der Waals surface area contributed by atoms with E-state index in [2.05, 4.69) is 15.3 Å². The molecular formula is C17H16N4O3. The first kappa shape index (κ1) is 15.7. The Balaban J connectivity index is 1.83. The molecule has 2 N–H and O–H groups in total. The molecule has 0 aliphatic heterocycles. The highest BCUT2D eigenvalue weighted by Gasteiger charge is 2.13. The number of fused-ring (bicyclic) bond motifs is 1. The summed E-state index contributed by atoms with van der Waals surface area (Å²) in [5, 5.41) is 3.14. The molecule has 0 fully saturated rings. The number of para-hydroxylation sites is 1. The summed E-state index contributed by atoms with van der Waals surface area (Å²) in [6, 6.07) is 10.0. The van der Waals surface area contributed by atoms with Crippen LogP contribution in [0, 0.1) is 0 Å². The summed E-state index contributed by atoms with van der Waals surface area (Å²) in [6.07, 6.45) is 3.27. The number of aromatic nitrogens is 3. The maximum absolute atomic E-state index is 12.4. The Morgan fingerprint density at radius 3 is 2.67 bits per heavy atom. The molecule has 0 aliphatic carbocycles. The van der Waals surface area contributed by atoms with Gasteiger partial charge in [-0.2, -0.15) is 0 Å². The number of amides is 1. The molecule has 1 aromatic carbocycles. The average molecular weight is 324 g/mol. The van der Waals surface area contributed by atoms with Gasteiger partial charge >= 0.3 is 5.69 Å². The second kappa shape index (κ2) is 6.49. The second-order valence-corrected chi connectivity index (χ2v) is 5.44. The molecule has 2 heterocycles. The van der Waals surface area contributed by atoms with Gasteiger partial charge in [0.15, 0.2) is 0 Å². The molecule has 0 bridgehead atoms. The summed E-state index contributed by atoms with van der Waals surface area (Å²) in [5.41, 5.74) is 0.249. The van der Waals surface area contributed by atoms with Gasteiger partial charge in [0, 0.05) is 12.4 Å². The van der Waals surface area contributed by atoms with Crippen LogP contribution < -0.4 is 16.6 Å². The molecule has 7 nitrogen and oxygen atoms in total. The number of aromatic amines is 1. The van der Waals surface area contributed by atoms with E-state index in [9.17, 15) is 14.4 Å². The van der Waals surface area contributed by atoms with Crippen molar-refractivity contribution in [1.82, 2.24) is 19.9 Å². The van der Waals surface area contributed by atoms with Crippen molar-refractivity contribution in [3.63, 3.8) is 0 Å². The highest BCUT2D eigenvalue weighted by Crippen LogP contribution is 2.09. The summed E-state index contributed by atoms with van der Waals surface area (Å²) in [5.74, 6) is -0.415. The van der Waals surface area contributed by atoms with Crippen molar-refractivity contribution in [2.24, 2.45) is 0 Å². The Hall–Kier alpha value is -3.22. The van der Waals surface area contributed by atoms with E-state index >= 15 is 0 Å². The van der Waals surface area contributed by atoms with Crippen molar-refractivity contribution >= 4 is 16.8 Å². The van der Waals surface area contributed by atoms with E-state index in [1.165, 1.54) is 0 Å². The molecule has 1 atom stereocenters. The molecule has 1 amide bonds. The first-order valence-corrected chi connectivity index (χ1v) is 7.47. The van der Waals surface area contributed by atoms with Gasteiger partial charge in [-0.3, -0.25) is 19.1 Å².